The van der Waals surface area contributed by atoms with Crippen molar-refractivity contribution in [3.63, 3.8) is 0 Å². The average Bonchev–Trinajstić information content (AvgIpc) is 2.82. The maximum Gasteiger partial charge on any atom is 0.416 e. The van der Waals surface area contributed by atoms with Crippen molar-refractivity contribution >= 4 is 28.8 Å². The SMILES string of the molecule is CNC(=O)/C(=N/OC)c1cccc(C)c1CO/N=C(\C)C(=N)/C=C(\[OH2+])c1cccc(C(F)(F)F)c1. The Kier molecular flexibility index (Phi) is 9.15. The quantitative estimate of drug-likeness (QED) is 0.240. The van der Waals surface area contributed by atoms with E-state index >= 15 is 0 Å². The van der Waals surface area contributed by atoms with Gasteiger partial charge >= 0.3 is 6.18 Å². The molecule has 186 valence electrons. The first-order chi connectivity index (χ1) is 16.5. The number of carbonyl (C=O) groups is 1. The maximum absolute atomic E-state index is 12.9. The Morgan fingerprint density at radius 2 is 1.89 bits per heavy atom. The molecule has 1 amide bonds. The molecule has 0 atom stereocenters. The minimum atomic E-state index is -4.53. The van der Waals surface area contributed by atoms with Crippen LogP contribution in [0.4, 0.5) is 13.2 Å². The van der Waals surface area contributed by atoms with Crippen molar-refractivity contribution in [1.82, 2.24) is 5.32 Å². The first-order valence-electron chi connectivity index (χ1n) is 10.3. The molecule has 0 fully saturated rings. The van der Waals surface area contributed by atoms with Crippen LogP contribution in [0.1, 0.15) is 34.7 Å². The average molecular weight is 491 g/mol. The number of hydrogen-bond acceptors (Lipinski definition) is 6. The third kappa shape index (κ3) is 7.16. The number of aryl methyl sites for hydroxylation is 1. The van der Waals surface area contributed by atoms with Crippen molar-refractivity contribution in [2.24, 2.45) is 10.3 Å². The predicted molar refractivity (Wildman–Crippen MR) is 127 cm³/mol. The summed E-state index contributed by atoms with van der Waals surface area (Å²) in [5.41, 5.74) is 0.989. The van der Waals surface area contributed by atoms with E-state index in [0.717, 1.165) is 23.8 Å². The number of rotatable bonds is 9. The van der Waals surface area contributed by atoms with Crippen molar-refractivity contribution in [3.05, 3.63) is 76.4 Å². The molecule has 35 heavy (non-hydrogen) atoms. The zero-order chi connectivity index (χ0) is 26.2. The molecule has 4 N–H and O–H groups in total. The maximum atomic E-state index is 12.9. The summed E-state index contributed by atoms with van der Waals surface area (Å²) >= 11 is 0. The Bertz CT molecular complexity index is 1190. The summed E-state index contributed by atoms with van der Waals surface area (Å²) in [6.07, 6.45) is -3.44. The van der Waals surface area contributed by atoms with Gasteiger partial charge in [0.1, 0.15) is 19.4 Å². The molecule has 0 aliphatic heterocycles. The van der Waals surface area contributed by atoms with Crippen molar-refractivity contribution < 1.29 is 32.7 Å². The summed E-state index contributed by atoms with van der Waals surface area (Å²) in [4.78, 5) is 22.4. The van der Waals surface area contributed by atoms with E-state index in [2.05, 4.69) is 15.6 Å². The van der Waals surface area contributed by atoms with E-state index in [1.807, 2.05) is 13.0 Å². The summed E-state index contributed by atoms with van der Waals surface area (Å²) in [5, 5.41) is 26.3. The van der Waals surface area contributed by atoms with E-state index in [4.69, 9.17) is 20.2 Å². The van der Waals surface area contributed by atoms with E-state index in [9.17, 15) is 18.0 Å². The number of hydrogen-bond donors (Lipinski definition) is 2. The molecule has 0 radical (unpaired) electrons. The first kappa shape index (κ1) is 27.1. The van der Waals surface area contributed by atoms with Crippen molar-refractivity contribution in [2.45, 2.75) is 26.6 Å². The lowest BCUT2D eigenvalue weighted by atomic mass is 9.98. The molecule has 0 unspecified atom stereocenters. The second-order valence-corrected chi connectivity index (χ2v) is 7.30. The molecule has 2 aromatic carbocycles. The Morgan fingerprint density at radius 1 is 1.20 bits per heavy atom. The van der Waals surface area contributed by atoms with Crippen LogP contribution < -0.4 is 5.32 Å². The fourth-order valence-electron chi connectivity index (χ4n) is 2.98. The van der Waals surface area contributed by atoms with Crippen LogP contribution in [0.15, 0.2) is 58.9 Å². The number of likely N-dealkylation sites (N-methyl/N-ethyl adjacent to an activating group) is 1. The lowest BCUT2D eigenvalue weighted by Gasteiger charge is -2.13. The van der Waals surface area contributed by atoms with E-state index in [0.29, 0.717) is 11.1 Å². The van der Waals surface area contributed by atoms with Crippen LogP contribution in [0.5, 0.6) is 0 Å². The zero-order valence-electron chi connectivity index (χ0n) is 19.6. The Labute approximate surface area is 200 Å². The van der Waals surface area contributed by atoms with Gasteiger partial charge in [0.2, 0.25) is 0 Å². The van der Waals surface area contributed by atoms with Gasteiger partial charge in [0.15, 0.2) is 5.71 Å². The Balaban J connectivity index is 2.21. The van der Waals surface area contributed by atoms with Crippen LogP contribution in [0.3, 0.4) is 0 Å². The highest BCUT2D eigenvalue weighted by molar-refractivity contribution is 6.46. The van der Waals surface area contributed by atoms with Gasteiger partial charge in [-0.15, -0.1) is 0 Å². The largest absolute Gasteiger partial charge is 0.593 e. The smallest absolute Gasteiger partial charge is 0.416 e. The highest BCUT2D eigenvalue weighted by atomic mass is 19.4. The standard InChI is InChI=1S/C24H25F3N4O4/c1-14-7-5-10-18(22(31-34-4)23(33)29-3)19(14)13-35-30-15(2)20(28)12-21(32)16-8-6-9-17(11-16)24(25,26)27/h5-12,28,32H,13H2,1-4H3,(H,29,33)/p+1/b21-12-,28-20?,30-15+,31-22+. The normalized spacial score (nSPS) is 12.8. The lowest BCUT2D eigenvalue weighted by molar-refractivity contribution is -0.137. The lowest BCUT2D eigenvalue weighted by Crippen LogP contribution is -2.29. The molecule has 2 aromatic rings. The van der Waals surface area contributed by atoms with Gasteiger partial charge in [0.25, 0.3) is 11.7 Å². The summed E-state index contributed by atoms with van der Waals surface area (Å²) in [7, 11) is 2.79. The number of nitrogens with zero attached hydrogens (tertiary/aromatic N) is 2. The number of allylic oxidation sites excluding steroid dienone is 1. The van der Waals surface area contributed by atoms with Crippen LogP contribution in [-0.2, 0) is 27.3 Å². The highest BCUT2D eigenvalue weighted by Crippen LogP contribution is 2.30. The van der Waals surface area contributed by atoms with E-state index in [1.165, 1.54) is 33.2 Å². The molecule has 0 aliphatic carbocycles. The molecule has 0 saturated heterocycles. The molecule has 11 heteroatoms. The third-order valence-corrected chi connectivity index (χ3v) is 4.88. The zero-order valence-corrected chi connectivity index (χ0v) is 19.6. The van der Waals surface area contributed by atoms with Gasteiger partial charge in [0, 0.05) is 18.2 Å². The summed E-state index contributed by atoms with van der Waals surface area (Å²) < 4.78 is 38.8. The number of oxime groups is 2. The number of benzene rings is 2. The number of halogens is 3. The minimum Gasteiger partial charge on any atom is -0.593 e. The van der Waals surface area contributed by atoms with E-state index in [1.54, 1.807) is 12.1 Å². The van der Waals surface area contributed by atoms with Crippen LogP contribution in [0.25, 0.3) is 5.76 Å². The molecule has 0 saturated carbocycles. The fourth-order valence-corrected chi connectivity index (χ4v) is 2.98. The summed E-state index contributed by atoms with van der Waals surface area (Å²) in [6.45, 7) is 3.23. The molecule has 8 nitrogen and oxygen atoms in total. The monoisotopic (exact) mass is 491 g/mol. The second kappa shape index (κ2) is 11.8. The number of nitrogens with one attached hydrogen (secondary N) is 2. The minimum absolute atomic E-state index is 0.0157. The van der Waals surface area contributed by atoms with Crippen molar-refractivity contribution in [1.29, 1.82) is 5.41 Å². The van der Waals surface area contributed by atoms with Gasteiger partial charge in [-0.1, -0.05) is 34.6 Å². The fraction of sp³-hybridized carbons (Fsp3) is 0.250. The van der Waals surface area contributed by atoms with Gasteiger partial charge in [-0.2, -0.15) is 13.2 Å². The van der Waals surface area contributed by atoms with E-state index < -0.39 is 17.6 Å². The first-order valence-corrected chi connectivity index (χ1v) is 10.3. The molecule has 0 heterocycles. The molecular weight excluding hydrogens is 465 g/mol. The summed E-state index contributed by atoms with van der Waals surface area (Å²) in [6, 6.07) is 9.57. The molecule has 0 aliphatic rings. The van der Waals surface area contributed by atoms with Crippen LogP contribution in [-0.4, -0.2) is 42.3 Å². The van der Waals surface area contributed by atoms with Gasteiger partial charge in [-0.05, 0) is 37.6 Å². The number of amides is 1. The predicted octanol–water partition coefficient (Wildman–Crippen LogP) is 3.79. The van der Waals surface area contributed by atoms with E-state index in [-0.39, 0.29) is 35.1 Å². The molecular formula is C24H26F3N4O4+. The van der Waals surface area contributed by atoms with Gasteiger partial charge < -0.3 is 20.1 Å². The number of carbonyl (C=O) groups excluding carboxylic acids is 1. The number of alkyl halides is 3. The molecule has 0 aromatic heterocycles. The van der Waals surface area contributed by atoms with Crippen LogP contribution >= 0.6 is 0 Å². The van der Waals surface area contributed by atoms with Gasteiger partial charge in [0.05, 0.1) is 22.9 Å². The second-order valence-electron chi connectivity index (χ2n) is 7.30. The summed E-state index contributed by atoms with van der Waals surface area (Å²) in [5.74, 6) is -0.731. The molecule has 0 spiro atoms. The van der Waals surface area contributed by atoms with Crippen molar-refractivity contribution in [2.75, 3.05) is 14.2 Å². The van der Waals surface area contributed by atoms with Gasteiger partial charge in [-0.25, -0.2) is 0 Å². The van der Waals surface area contributed by atoms with Crippen LogP contribution in [0.2, 0.25) is 0 Å². The van der Waals surface area contributed by atoms with Crippen molar-refractivity contribution in [3.8, 4) is 0 Å². The van der Waals surface area contributed by atoms with Gasteiger partial charge in [-0.3, -0.25) is 10.2 Å². The Morgan fingerprint density at radius 3 is 2.51 bits per heavy atom. The highest BCUT2D eigenvalue weighted by Gasteiger charge is 2.31. The molecule has 0 bridgehead atoms. The van der Waals surface area contributed by atoms with Crippen LogP contribution in [0, 0.1) is 12.3 Å². The third-order valence-electron chi connectivity index (χ3n) is 4.88. The topological polar surface area (TPSA) is 119 Å². The molecule has 2 rings (SSSR count). The Hall–Kier alpha value is -4.15.